The van der Waals surface area contributed by atoms with E-state index in [9.17, 15) is 4.79 Å². The van der Waals surface area contributed by atoms with E-state index in [1.54, 1.807) is 0 Å². The highest BCUT2D eigenvalue weighted by Crippen LogP contribution is 2.21. The van der Waals surface area contributed by atoms with Crippen molar-refractivity contribution in [2.24, 2.45) is 11.7 Å². The highest BCUT2D eigenvalue weighted by atomic mass is 35.5. The molecule has 1 saturated heterocycles. The first-order chi connectivity index (χ1) is 7.02. The van der Waals surface area contributed by atoms with E-state index in [0.717, 1.165) is 19.5 Å². The Kier molecular flexibility index (Phi) is 6.95. The van der Waals surface area contributed by atoms with Crippen LogP contribution in [0.4, 0.5) is 0 Å². The average Bonchev–Trinajstić information content (AvgIpc) is 2.46. The smallest absolute Gasteiger partial charge is 0.234 e. The molecule has 3 N–H and O–H groups in total. The van der Waals surface area contributed by atoms with E-state index in [2.05, 4.69) is 17.1 Å². The Bertz CT molecular complexity index is 223. The van der Waals surface area contributed by atoms with E-state index in [-0.39, 0.29) is 24.4 Å². The number of hydrogen-bond donors (Lipinski definition) is 2. The van der Waals surface area contributed by atoms with Crippen LogP contribution in [-0.4, -0.2) is 42.5 Å². The number of hydrogen-bond acceptors (Lipinski definition) is 3. The number of nitrogens with zero attached hydrogens (tertiary/aromatic N) is 1. The van der Waals surface area contributed by atoms with Gasteiger partial charge in [0.25, 0.3) is 0 Å². The van der Waals surface area contributed by atoms with Gasteiger partial charge in [-0.05, 0) is 39.7 Å². The van der Waals surface area contributed by atoms with Crippen LogP contribution in [0.15, 0.2) is 0 Å². The van der Waals surface area contributed by atoms with E-state index in [1.165, 1.54) is 0 Å². The molecule has 0 bridgehead atoms. The van der Waals surface area contributed by atoms with Gasteiger partial charge in [0.2, 0.25) is 5.91 Å². The van der Waals surface area contributed by atoms with Crippen LogP contribution in [0.2, 0.25) is 0 Å². The van der Waals surface area contributed by atoms with Gasteiger partial charge in [-0.25, -0.2) is 0 Å². The summed E-state index contributed by atoms with van der Waals surface area (Å²) in [6.45, 7) is 8.33. The zero-order valence-electron chi connectivity index (χ0n) is 10.4. The van der Waals surface area contributed by atoms with Crippen molar-refractivity contribution in [2.45, 2.75) is 39.3 Å². The van der Waals surface area contributed by atoms with Crippen LogP contribution in [0.3, 0.4) is 0 Å². The number of amides is 1. The van der Waals surface area contributed by atoms with Crippen LogP contribution >= 0.6 is 12.4 Å². The molecule has 0 aliphatic carbocycles. The zero-order chi connectivity index (χ0) is 11.4. The third-order valence-corrected chi connectivity index (χ3v) is 2.92. The molecule has 1 amide bonds. The van der Waals surface area contributed by atoms with Crippen molar-refractivity contribution in [3.8, 4) is 0 Å². The summed E-state index contributed by atoms with van der Waals surface area (Å²) in [5.41, 5.74) is 5.64. The first-order valence-corrected chi connectivity index (χ1v) is 5.76. The summed E-state index contributed by atoms with van der Waals surface area (Å²) >= 11 is 0. The van der Waals surface area contributed by atoms with Gasteiger partial charge in [-0.2, -0.15) is 0 Å². The molecule has 0 aromatic rings. The Morgan fingerprint density at radius 2 is 2.19 bits per heavy atom. The Morgan fingerprint density at radius 1 is 1.56 bits per heavy atom. The monoisotopic (exact) mass is 249 g/mol. The van der Waals surface area contributed by atoms with Crippen LogP contribution < -0.4 is 11.1 Å². The van der Waals surface area contributed by atoms with Crippen molar-refractivity contribution in [3.05, 3.63) is 0 Å². The highest BCUT2D eigenvalue weighted by Gasteiger charge is 2.29. The number of nitrogens with two attached hydrogens (primary N) is 1. The zero-order valence-corrected chi connectivity index (χ0v) is 11.2. The topological polar surface area (TPSA) is 58.4 Å². The summed E-state index contributed by atoms with van der Waals surface area (Å²) in [5, 5.41) is 2.91. The Morgan fingerprint density at radius 3 is 2.62 bits per heavy atom. The maximum Gasteiger partial charge on any atom is 0.234 e. The fourth-order valence-corrected chi connectivity index (χ4v) is 2.16. The van der Waals surface area contributed by atoms with E-state index >= 15 is 0 Å². The quantitative estimate of drug-likeness (QED) is 0.767. The van der Waals surface area contributed by atoms with Crippen LogP contribution in [0.5, 0.6) is 0 Å². The lowest BCUT2D eigenvalue weighted by Crippen LogP contribution is -2.41. The normalized spacial score (nSPS) is 25.6. The van der Waals surface area contributed by atoms with Crippen molar-refractivity contribution >= 4 is 18.3 Å². The van der Waals surface area contributed by atoms with E-state index in [0.29, 0.717) is 18.5 Å². The lowest BCUT2D eigenvalue weighted by molar-refractivity contribution is -0.122. The molecule has 5 heteroatoms. The lowest BCUT2D eigenvalue weighted by atomic mass is 10.1. The number of carbonyl (C=O) groups is 1. The van der Waals surface area contributed by atoms with Gasteiger partial charge in [0.15, 0.2) is 0 Å². The molecule has 0 spiro atoms. The van der Waals surface area contributed by atoms with Crippen molar-refractivity contribution in [1.29, 1.82) is 0 Å². The average molecular weight is 250 g/mol. The second-order valence-electron chi connectivity index (χ2n) is 4.84. The number of carbonyl (C=O) groups excluding carboxylic acids is 1. The largest absolute Gasteiger partial charge is 0.353 e. The fraction of sp³-hybridized carbons (Fsp3) is 0.909. The first-order valence-electron chi connectivity index (χ1n) is 5.76. The molecule has 1 rings (SSSR count). The molecule has 1 fully saturated rings. The van der Waals surface area contributed by atoms with Crippen molar-refractivity contribution in [1.82, 2.24) is 10.2 Å². The van der Waals surface area contributed by atoms with Gasteiger partial charge in [-0.3, -0.25) is 9.69 Å². The third kappa shape index (κ3) is 4.68. The van der Waals surface area contributed by atoms with Gasteiger partial charge in [-0.1, -0.05) is 0 Å². The molecular weight excluding hydrogens is 226 g/mol. The van der Waals surface area contributed by atoms with Crippen molar-refractivity contribution in [2.75, 3.05) is 19.6 Å². The minimum Gasteiger partial charge on any atom is -0.353 e. The second-order valence-corrected chi connectivity index (χ2v) is 4.84. The molecular formula is C11H24ClN3O. The van der Waals surface area contributed by atoms with Crippen molar-refractivity contribution < 1.29 is 4.79 Å². The van der Waals surface area contributed by atoms with Gasteiger partial charge in [-0.15, -0.1) is 12.4 Å². The third-order valence-electron chi connectivity index (χ3n) is 2.92. The molecule has 4 nitrogen and oxygen atoms in total. The van der Waals surface area contributed by atoms with Gasteiger partial charge < -0.3 is 11.1 Å². The standard InChI is InChI=1S/C11H23N3O.ClH/c1-8(2)13-11(15)7-14-6-10(5-12)4-9(14)3;/h8-10H,4-7,12H2,1-3H3,(H,13,15);1H. The molecule has 2 atom stereocenters. The molecule has 1 heterocycles. The van der Waals surface area contributed by atoms with Crippen LogP contribution in [0, 0.1) is 5.92 Å². The lowest BCUT2D eigenvalue weighted by Gasteiger charge is -2.21. The van der Waals surface area contributed by atoms with Crippen LogP contribution in [0.25, 0.3) is 0 Å². The summed E-state index contributed by atoms with van der Waals surface area (Å²) in [5.74, 6) is 0.682. The maximum absolute atomic E-state index is 11.6. The summed E-state index contributed by atoms with van der Waals surface area (Å²) in [4.78, 5) is 13.8. The summed E-state index contributed by atoms with van der Waals surface area (Å²) < 4.78 is 0. The van der Waals surface area contributed by atoms with E-state index in [4.69, 9.17) is 5.73 Å². The van der Waals surface area contributed by atoms with Crippen LogP contribution in [-0.2, 0) is 4.79 Å². The highest BCUT2D eigenvalue weighted by molar-refractivity contribution is 5.85. The van der Waals surface area contributed by atoms with E-state index in [1.807, 2.05) is 13.8 Å². The molecule has 96 valence electrons. The molecule has 1 aliphatic heterocycles. The van der Waals surface area contributed by atoms with Gasteiger partial charge in [0, 0.05) is 18.6 Å². The van der Waals surface area contributed by atoms with Gasteiger partial charge in [0.05, 0.1) is 6.54 Å². The summed E-state index contributed by atoms with van der Waals surface area (Å²) in [6.07, 6.45) is 1.12. The second kappa shape index (κ2) is 7.09. The Labute approximate surface area is 104 Å². The number of nitrogens with one attached hydrogen (secondary N) is 1. The SMILES string of the molecule is CC(C)NC(=O)CN1CC(CN)CC1C.Cl. The minimum absolute atomic E-state index is 0. The number of rotatable bonds is 4. The van der Waals surface area contributed by atoms with Crippen molar-refractivity contribution in [3.63, 3.8) is 0 Å². The molecule has 0 aromatic carbocycles. The molecule has 0 radical (unpaired) electrons. The van der Waals surface area contributed by atoms with Gasteiger partial charge >= 0.3 is 0 Å². The number of likely N-dealkylation sites (tertiary alicyclic amines) is 1. The van der Waals surface area contributed by atoms with Crippen LogP contribution in [0.1, 0.15) is 27.2 Å². The number of halogens is 1. The predicted octanol–water partition coefficient (Wildman–Crippen LogP) is 0.602. The van der Waals surface area contributed by atoms with Gasteiger partial charge in [0.1, 0.15) is 0 Å². The maximum atomic E-state index is 11.6. The summed E-state index contributed by atoms with van der Waals surface area (Å²) in [6, 6.07) is 0.706. The van der Waals surface area contributed by atoms with E-state index < -0.39 is 0 Å². The molecule has 1 aliphatic rings. The minimum atomic E-state index is 0. The molecule has 0 aromatic heterocycles. The summed E-state index contributed by atoms with van der Waals surface area (Å²) in [7, 11) is 0. The predicted molar refractivity (Wildman–Crippen MR) is 68.7 cm³/mol. The Hall–Kier alpha value is -0.320. The fourth-order valence-electron chi connectivity index (χ4n) is 2.16. The first kappa shape index (κ1) is 15.7. The molecule has 2 unspecified atom stereocenters. The Balaban J connectivity index is 0.00000225. The molecule has 0 saturated carbocycles. The molecule has 16 heavy (non-hydrogen) atoms.